The van der Waals surface area contributed by atoms with Crippen molar-refractivity contribution < 1.29 is 14.7 Å². The average molecular weight is 415 g/mol. The third-order valence-electron chi connectivity index (χ3n) is 4.31. The minimum absolute atomic E-state index is 0.0785. The van der Waals surface area contributed by atoms with Crippen molar-refractivity contribution in [3.05, 3.63) is 70.3 Å². The summed E-state index contributed by atoms with van der Waals surface area (Å²) in [6.45, 7) is 0.479. The van der Waals surface area contributed by atoms with E-state index in [0.29, 0.717) is 18.5 Å². The highest BCUT2D eigenvalue weighted by molar-refractivity contribution is 9.10. The molecule has 0 unspecified atom stereocenters. The Labute approximate surface area is 159 Å². The maximum absolute atomic E-state index is 12.3. The zero-order valence-electron chi connectivity index (χ0n) is 14.0. The molecule has 0 saturated heterocycles. The second-order valence-electron chi connectivity index (χ2n) is 6.09. The zero-order valence-corrected chi connectivity index (χ0v) is 15.6. The molecule has 0 amide bonds. The molecule has 0 aliphatic heterocycles. The van der Waals surface area contributed by atoms with Gasteiger partial charge >= 0.3 is 5.97 Å². The van der Waals surface area contributed by atoms with Crippen LogP contribution in [-0.2, 0) is 11.2 Å². The van der Waals surface area contributed by atoms with Crippen LogP contribution in [0, 0.1) is 0 Å². The molecule has 0 bridgehead atoms. The van der Waals surface area contributed by atoms with Crippen LogP contribution in [0.2, 0.25) is 0 Å². The first kappa shape index (κ1) is 18.4. The molecule has 3 N–H and O–H groups in total. The van der Waals surface area contributed by atoms with E-state index in [4.69, 9.17) is 0 Å². The van der Waals surface area contributed by atoms with E-state index in [1.54, 1.807) is 24.3 Å². The van der Waals surface area contributed by atoms with Gasteiger partial charge in [0.1, 0.15) is 6.04 Å². The highest BCUT2D eigenvalue weighted by atomic mass is 79.9. The molecule has 3 rings (SSSR count). The fraction of sp³-hybridized carbons (Fsp3) is 0.200. The first-order chi connectivity index (χ1) is 12.5. The Morgan fingerprint density at radius 3 is 2.58 bits per heavy atom. The van der Waals surface area contributed by atoms with E-state index in [0.717, 1.165) is 20.9 Å². The number of carbonyl (C=O) groups excluding carboxylic acids is 1. The molecular weight excluding hydrogens is 396 g/mol. The zero-order chi connectivity index (χ0) is 18.5. The second-order valence-corrected chi connectivity index (χ2v) is 7.00. The summed E-state index contributed by atoms with van der Waals surface area (Å²) in [6.07, 6.45) is 2.54. The lowest BCUT2D eigenvalue weighted by Gasteiger charge is -2.13. The van der Waals surface area contributed by atoms with Crippen LogP contribution >= 0.6 is 15.9 Å². The summed E-state index contributed by atoms with van der Waals surface area (Å²) in [5, 5.41) is 13.5. The van der Waals surface area contributed by atoms with Crippen LogP contribution in [0.4, 0.5) is 0 Å². The standard InChI is InChI=1S/C20H19BrN2O3/c21-15-7-5-13(6-8-15)19(24)11-18(20(25)26)22-10-9-14-12-23-17-4-2-1-3-16(14)17/h1-8,12,18,22-23H,9-11H2,(H,25,26)/t18-/m1/s1. The molecule has 1 heterocycles. The lowest BCUT2D eigenvalue weighted by atomic mass is 10.0. The Kier molecular flexibility index (Phi) is 5.85. The van der Waals surface area contributed by atoms with Crippen molar-refractivity contribution >= 4 is 38.6 Å². The number of hydrogen-bond acceptors (Lipinski definition) is 3. The van der Waals surface area contributed by atoms with E-state index in [1.807, 2.05) is 30.5 Å². The van der Waals surface area contributed by atoms with E-state index >= 15 is 0 Å². The van der Waals surface area contributed by atoms with Crippen molar-refractivity contribution in [2.24, 2.45) is 0 Å². The fourth-order valence-corrected chi connectivity index (χ4v) is 3.17. The van der Waals surface area contributed by atoms with Gasteiger partial charge in [0.2, 0.25) is 0 Å². The second kappa shape index (κ2) is 8.29. The summed E-state index contributed by atoms with van der Waals surface area (Å²) in [4.78, 5) is 27.0. The summed E-state index contributed by atoms with van der Waals surface area (Å²) >= 11 is 3.32. The van der Waals surface area contributed by atoms with Gasteiger partial charge in [-0.05, 0) is 30.2 Å². The lowest BCUT2D eigenvalue weighted by Crippen LogP contribution is -2.39. The Balaban J connectivity index is 1.59. The number of hydrogen-bond donors (Lipinski definition) is 3. The SMILES string of the molecule is O=C(C[C@@H](NCCc1c[nH]c2ccccc12)C(=O)O)c1ccc(Br)cc1. The van der Waals surface area contributed by atoms with E-state index < -0.39 is 12.0 Å². The highest BCUT2D eigenvalue weighted by Gasteiger charge is 2.21. The minimum atomic E-state index is -1.02. The van der Waals surface area contributed by atoms with Crippen molar-refractivity contribution in [1.82, 2.24) is 10.3 Å². The van der Waals surface area contributed by atoms with Gasteiger partial charge < -0.3 is 15.4 Å². The van der Waals surface area contributed by atoms with Crippen LogP contribution in [0.25, 0.3) is 10.9 Å². The van der Waals surface area contributed by atoms with Crippen LogP contribution in [0.3, 0.4) is 0 Å². The molecule has 2 aromatic carbocycles. The number of nitrogens with one attached hydrogen (secondary N) is 2. The normalized spacial score (nSPS) is 12.2. The summed E-state index contributed by atoms with van der Waals surface area (Å²) in [5.74, 6) is -1.21. The van der Waals surface area contributed by atoms with Gasteiger partial charge in [0.25, 0.3) is 0 Å². The number of Topliss-reactive ketones (excluding diaryl/α,β-unsaturated/α-hetero) is 1. The summed E-state index contributed by atoms with van der Waals surface area (Å²) < 4.78 is 0.876. The number of rotatable bonds is 8. The third kappa shape index (κ3) is 4.39. The van der Waals surface area contributed by atoms with Crippen molar-refractivity contribution in [2.75, 3.05) is 6.54 Å². The number of para-hydroxylation sites is 1. The molecule has 0 aliphatic rings. The molecule has 0 spiro atoms. The molecule has 0 fully saturated rings. The Hall–Kier alpha value is -2.44. The first-order valence-corrected chi connectivity index (χ1v) is 9.14. The minimum Gasteiger partial charge on any atom is -0.480 e. The highest BCUT2D eigenvalue weighted by Crippen LogP contribution is 2.18. The molecular formula is C20H19BrN2O3. The quantitative estimate of drug-likeness (QED) is 0.489. The van der Waals surface area contributed by atoms with E-state index in [1.165, 1.54) is 0 Å². The van der Waals surface area contributed by atoms with Crippen molar-refractivity contribution in [2.45, 2.75) is 18.9 Å². The van der Waals surface area contributed by atoms with Gasteiger partial charge in [0.15, 0.2) is 5.78 Å². The number of H-pyrrole nitrogens is 1. The number of benzene rings is 2. The summed E-state index contributed by atoms with van der Waals surface area (Å²) in [5.41, 5.74) is 2.69. The molecule has 26 heavy (non-hydrogen) atoms. The number of ketones is 1. The molecule has 0 saturated carbocycles. The monoisotopic (exact) mass is 414 g/mol. The summed E-state index contributed by atoms with van der Waals surface area (Å²) in [6, 6.07) is 14.0. The van der Waals surface area contributed by atoms with E-state index in [-0.39, 0.29) is 12.2 Å². The lowest BCUT2D eigenvalue weighted by molar-refractivity contribution is -0.139. The number of carbonyl (C=O) groups is 2. The Morgan fingerprint density at radius 1 is 1.12 bits per heavy atom. The maximum Gasteiger partial charge on any atom is 0.321 e. The predicted molar refractivity (Wildman–Crippen MR) is 105 cm³/mol. The number of aliphatic carboxylic acids is 1. The smallest absolute Gasteiger partial charge is 0.321 e. The number of aromatic nitrogens is 1. The van der Waals surface area contributed by atoms with Gasteiger partial charge in [0.05, 0.1) is 0 Å². The average Bonchev–Trinajstić information content (AvgIpc) is 3.04. The van der Waals surface area contributed by atoms with Crippen LogP contribution < -0.4 is 5.32 Å². The first-order valence-electron chi connectivity index (χ1n) is 8.34. The summed E-state index contributed by atoms with van der Waals surface area (Å²) in [7, 11) is 0. The van der Waals surface area contributed by atoms with Gasteiger partial charge in [-0.3, -0.25) is 9.59 Å². The maximum atomic E-state index is 12.3. The van der Waals surface area contributed by atoms with Crippen LogP contribution in [0.15, 0.2) is 59.2 Å². The number of halogens is 1. The molecule has 1 atom stereocenters. The Bertz CT molecular complexity index is 918. The van der Waals surface area contributed by atoms with Crippen molar-refractivity contribution in [3.8, 4) is 0 Å². The molecule has 0 aliphatic carbocycles. The van der Waals surface area contributed by atoms with Crippen LogP contribution in [-0.4, -0.2) is 34.4 Å². The molecule has 5 nitrogen and oxygen atoms in total. The molecule has 3 aromatic rings. The van der Waals surface area contributed by atoms with Gasteiger partial charge in [0, 0.05) is 40.1 Å². The van der Waals surface area contributed by atoms with Gasteiger partial charge in [-0.15, -0.1) is 0 Å². The van der Waals surface area contributed by atoms with Gasteiger partial charge in [-0.25, -0.2) is 0 Å². The van der Waals surface area contributed by atoms with Gasteiger partial charge in [-0.2, -0.15) is 0 Å². The van der Waals surface area contributed by atoms with Crippen molar-refractivity contribution in [3.63, 3.8) is 0 Å². The molecule has 134 valence electrons. The van der Waals surface area contributed by atoms with E-state index in [9.17, 15) is 14.7 Å². The Morgan fingerprint density at radius 2 is 1.85 bits per heavy atom. The molecule has 6 heteroatoms. The number of carboxylic acids is 1. The number of fused-ring (bicyclic) bond motifs is 1. The van der Waals surface area contributed by atoms with Crippen LogP contribution in [0.1, 0.15) is 22.3 Å². The number of carboxylic acid groups (broad SMARTS) is 1. The van der Waals surface area contributed by atoms with E-state index in [2.05, 4.69) is 26.2 Å². The van der Waals surface area contributed by atoms with Crippen LogP contribution in [0.5, 0.6) is 0 Å². The fourth-order valence-electron chi connectivity index (χ4n) is 2.91. The van der Waals surface area contributed by atoms with Crippen molar-refractivity contribution in [1.29, 1.82) is 0 Å². The molecule has 0 radical (unpaired) electrons. The topological polar surface area (TPSA) is 82.2 Å². The largest absolute Gasteiger partial charge is 0.480 e. The molecule has 1 aromatic heterocycles. The predicted octanol–water partition coefficient (Wildman–Crippen LogP) is 3.79. The van der Waals surface area contributed by atoms with Gasteiger partial charge in [-0.1, -0.05) is 46.3 Å². The number of aromatic amines is 1. The third-order valence-corrected chi connectivity index (χ3v) is 4.84.